The first kappa shape index (κ1) is 17.3. The molecule has 7 heteroatoms. The molecule has 2 atom stereocenters. The number of carboxylic acids is 1. The van der Waals surface area contributed by atoms with Crippen molar-refractivity contribution in [2.75, 3.05) is 18.6 Å². The van der Waals surface area contributed by atoms with E-state index < -0.39 is 17.9 Å². The van der Waals surface area contributed by atoms with Crippen LogP contribution in [0.15, 0.2) is 24.3 Å². The van der Waals surface area contributed by atoms with Crippen LogP contribution in [0.4, 0.5) is 5.69 Å². The Morgan fingerprint density at radius 3 is 2.44 bits per heavy atom. The first-order valence-electron chi connectivity index (χ1n) is 8.41. The second-order valence-electron chi connectivity index (χ2n) is 6.59. The van der Waals surface area contributed by atoms with Crippen LogP contribution in [0.2, 0.25) is 0 Å². The molecular weight excluding hydrogens is 324 g/mol. The Hall–Kier alpha value is -2.57. The molecule has 1 aromatic carbocycles. The minimum absolute atomic E-state index is 0.0104. The highest BCUT2D eigenvalue weighted by molar-refractivity contribution is 6.01. The third kappa shape index (κ3) is 3.45. The Bertz CT molecular complexity index is 683. The third-order valence-electron chi connectivity index (χ3n) is 4.83. The van der Waals surface area contributed by atoms with Crippen molar-refractivity contribution in [2.45, 2.75) is 38.3 Å². The fourth-order valence-electron chi connectivity index (χ4n) is 3.25. The van der Waals surface area contributed by atoms with E-state index in [1.807, 2.05) is 0 Å². The molecule has 0 aromatic heterocycles. The Balaban J connectivity index is 1.74. The van der Waals surface area contributed by atoms with Crippen molar-refractivity contribution < 1.29 is 24.2 Å². The molecule has 1 saturated carbocycles. The highest BCUT2D eigenvalue weighted by Crippen LogP contribution is 2.33. The first-order valence-corrected chi connectivity index (χ1v) is 8.41. The van der Waals surface area contributed by atoms with E-state index in [-0.39, 0.29) is 30.8 Å². The number of nitrogens with zero attached hydrogens (tertiary/aromatic N) is 2. The summed E-state index contributed by atoms with van der Waals surface area (Å²) in [6, 6.07) is 6.21. The molecule has 25 heavy (non-hydrogen) atoms. The van der Waals surface area contributed by atoms with E-state index in [0.717, 1.165) is 12.8 Å². The smallest absolute Gasteiger partial charge is 0.326 e. The highest BCUT2D eigenvalue weighted by atomic mass is 16.5. The summed E-state index contributed by atoms with van der Waals surface area (Å²) < 4.78 is 5.11. The number of carbonyl (C=O) groups excluding carboxylic acids is 2. The zero-order valence-electron chi connectivity index (χ0n) is 14.3. The standard InChI is InChI=1S/C18H22N2O5/c1-11(18(23)24)20(14-3-4-14)17(22)12-9-16(21)19(10-12)13-5-7-15(25-2)8-6-13/h5-8,11-12,14H,3-4,9-10H2,1-2H3,(H,23,24). The normalized spacial score (nSPS) is 21.1. The molecule has 1 N–H and O–H groups in total. The summed E-state index contributed by atoms with van der Waals surface area (Å²) in [7, 11) is 1.57. The molecule has 1 aliphatic carbocycles. The largest absolute Gasteiger partial charge is 0.497 e. The molecule has 0 radical (unpaired) electrons. The van der Waals surface area contributed by atoms with Crippen molar-refractivity contribution in [3.63, 3.8) is 0 Å². The summed E-state index contributed by atoms with van der Waals surface area (Å²) in [6.45, 7) is 1.80. The summed E-state index contributed by atoms with van der Waals surface area (Å²) in [5.41, 5.74) is 0.713. The van der Waals surface area contributed by atoms with Crippen LogP contribution in [-0.4, -0.2) is 53.5 Å². The topological polar surface area (TPSA) is 87.2 Å². The molecule has 2 amide bonds. The van der Waals surface area contributed by atoms with Gasteiger partial charge in [0.05, 0.1) is 13.0 Å². The number of methoxy groups -OCH3 is 1. The molecular formula is C18H22N2O5. The van der Waals surface area contributed by atoms with Gasteiger partial charge in [0.15, 0.2) is 0 Å². The van der Waals surface area contributed by atoms with Gasteiger partial charge in [-0.1, -0.05) is 0 Å². The highest BCUT2D eigenvalue weighted by Gasteiger charge is 2.44. The molecule has 1 aliphatic heterocycles. The molecule has 2 unspecified atom stereocenters. The number of hydrogen-bond donors (Lipinski definition) is 1. The second kappa shape index (κ2) is 6.74. The van der Waals surface area contributed by atoms with Gasteiger partial charge in [-0.15, -0.1) is 0 Å². The van der Waals surface area contributed by atoms with Crippen LogP contribution in [0.3, 0.4) is 0 Å². The van der Waals surface area contributed by atoms with Gasteiger partial charge in [0, 0.05) is 24.7 Å². The maximum Gasteiger partial charge on any atom is 0.326 e. The van der Waals surface area contributed by atoms with Gasteiger partial charge in [0.2, 0.25) is 11.8 Å². The van der Waals surface area contributed by atoms with E-state index in [1.165, 1.54) is 11.8 Å². The van der Waals surface area contributed by atoms with Crippen LogP contribution >= 0.6 is 0 Å². The molecule has 134 valence electrons. The number of anilines is 1. The molecule has 0 spiro atoms. The minimum Gasteiger partial charge on any atom is -0.497 e. The van der Waals surface area contributed by atoms with E-state index in [0.29, 0.717) is 11.4 Å². The second-order valence-corrected chi connectivity index (χ2v) is 6.59. The molecule has 2 aliphatic rings. The fourth-order valence-corrected chi connectivity index (χ4v) is 3.25. The first-order chi connectivity index (χ1) is 11.9. The van der Waals surface area contributed by atoms with Crippen molar-refractivity contribution in [2.24, 2.45) is 5.92 Å². The Morgan fingerprint density at radius 1 is 1.28 bits per heavy atom. The number of amides is 2. The van der Waals surface area contributed by atoms with Gasteiger partial charge in [-0.25, -0.2) is 4.79 Å². The van der Waals surface area contributed by atoms with E-state index in [4.69, 9.17) is 4.74 Å². The maximum atomic E-state index is 12.9. The number of carbonyl (C=O) groups is 3. The molecule has 0 bridgehead atoms. The molecule has 1 heterocycles. The molecule has 1 aromatic rings. The lowest BCUT2D eigenvalue weighted by Gasteiger charge is -2.29. The van der Waals surface area contributed by atoms with Crippen LogP contribution in [0, 0.1) is 5.92 Å². The molecule has 2 fully saturated rings. The van der Waals surface area contributed by atoms with Crippen molar-refractivity contribution in [1.82, 2.24) is 4.90 Å². The predicted molar refractivity (Wildman–Crippen MR) is 90.4 cm³/mol. The summed E-state index contributed by atoms with van der Waals surface area (Å²) >= 11 is 0. The SMILES string of the molecule is COc1ccc(N2CC(C(=O)N(C3CC3)C(C)C(=O)O)CC2=O)cc1. The van der Waals surface area contributed by atoms with E-state index in [1.54, 1.807) is 36.3 Å². The zero-order valence-corrected chi connectivity index (χ0v) is 14.3. The Morgan fingerprint density at radius 2 is 1.92 bits per heavy atom. The Kier molecular flexibility index (Phi) is 4.65. The van der Waals surface area contributed by atoms with E-state index in [9.17, 15) is 19.5 Å². The number of rotatable bonds is 6. The van der Waals surface area contributed by atoms with Crippen LogP contribution in [0.25, 0.3) is 0 Å². The number of ether oxygens (including phenoxy) is 1. The number of hydrogen-bond acceptors (Lipinski definition) is 4. The van der Waals surface area contributed by atoms with Crippen LogP contribution in [0.1, 0.15) is 26.2 Å². The summed E-state index contributed by atoms with van der Waals surface area (Å²) in [5, 5.41) is 9.27. The average Bonchev–Trinajstić information content (AvgIpc) is 3.36. The van der Waals surface area contributed by atoms with Crippen molar-refractivity contribution in [3.8, 4) is 5.75 Å². The van der Waals surface area contributed by atoms with E-state index in [2.05, 4.69) is 0 Å². The lowest BCUT2D eigenvalue weighted by atomic mass is 10.1. The lowest BCUT2D eigenvalue weighted by Crippen LogP contribution is -2.47. The average molecular weight is 346 g/mol. The minimum atomic E-state index is -1.02. The quantitative estimate of drug-likeness (QED) is 0.844. The summed E-state index contributed by atoms with van der Waals surface area (Å²) in [5.74, 6) is -1.18. The van der Waals surface area contributed by atoms with Crippen LogP contribution in [0.5, 0.6) is 5.75 Å². The van der Waals surface area contributed by atoms with Gasteiger partial charge >= 0.3 is 5.97 Å². The monoisotopic (exact) mass is 346 g/mol. The van der Waals surface area contributed by atoms with Gasteiger partial charge in [-0.3, -0.25) is 9.59 Å². The van der Waals surface area contributed by atoms with Crippen LogP contribution < -0.4 is 9.64 Å². The summed E-state index contributed by atoms with van der Waals surface area (Å²) in [6.07, 6.45) is 1.76. The number of benzene rings is 1. The van der Waals surface area contributed by atoms with E-state index >= 15 is 0 Å². The zero-order chi connectivity index (χ0) is 18.1. The Labute approximate surface area is 146 Å². The maximum absolute atomic E-state index is 12.9. The molecule has 7 nitrogen and oxygen atoms in total. The van der Waals surface area contributed by atoms with Crippen molar-refractivity contribution >= 4 is 23.5 Å². The molecule has 1 saturated heterocycles. The fraction of sp³-hybridized carbons (Fsp3) is 0.500. The molecule has 3 rings (SSSR count). The van der Waals surface area contributed by atoms with Crippen LogP contribution in [-0.2, 0) is 14.4 Å². The lowest BCUT2D eigenvalue weighted by molar-refractivity contribution is -0.151. The van der Waals surface area contributed by atoms with Gasteiger partial charge < -0.3 is 19.6 Å². The summed E-state index contributed by atoms with van der Waals surface area (Å²) in [4.78, 5) is 39.6. The predicted octanol–water partition coefficient (Wildman–Crippen LogP) is 1.51. The van der Waals surface area contributed by atoms with Gasteiger partial charge in [0.1, 0.15) is 11.8 Å². The van der Waals surface area contributed by atoms with Crippen molar-refractivity contribution in [1.29, 1.82) is 0 Å². The van der Waals surface area contributed by atoms with Gasteiger partial charge in [-0.05, 0) is 44.0 Å². The number of carboxylic acid groups (broad SMARTS) is 1. The third-order valence-corrected chi connectivity index (χ3v) is 4.83. The number of aliphatic carboxylic acids is 1. The van der Waals surface area contributed by atoms with Crippen molar-refractivity contribution in [3.05, 3.63) is 24.3 Å². The van der Waals surface area contributed by atoms with Gasteiger partial charge in [0.25, 0.3) is 0 Å². The van der Waals surface area contributed by atoms with Gasteiger partial charge in [-0.2, -0.15) is 0 Å².